The number of carbonyl (C=O) groups is 1. The Hall–Kier alpha value is -2.77. The molecule has 3 aromatic rings. The second-order valence-corrected chi connectivity index (χ2v) is 6.71. The molecule has 0 fully saturated rings. The third-order valence-electron chi connectivity index (χ3n) is 3.50. The van der Waals surface area contributed by atoms with Gasteiger partial charge >= 0.3 is 5.97 Å². The largest absolute Gasteiger partial charge is 0.461 e. The molecular weight excluding hydrogens is 376 g/mol. The number of nitro benzene ring substituents is 1. The first-order valence-electron chi connectivity index (χ1n) is 7.60. The Labute approximate surface area is 158 Å². The molecule has 2 aromatic carbocycles. The number of benzene rings is 2. The molecule has 0 aliphatic rings. The van der Waals surface area contributed by atoms with Gasteiger partial charge in [0, 0.05) is 28.1 Å². The molecule has 0 aliphatic heterocycles. The van der Waals surface area contributed by atoms with Crippen molar-refractivity contribution in [2.24, 2.45) is 0 Å². The van der Waals surface area contributed by atoms with E-state index in [0.717, 1.165) is 10.6 Å². The van der Waals surface area contributed by atoms with Gasteiger partial charge in [-0.05, 0) is 29.8 Å². The van der Waals surface area contributed by atoms with E-state index < -0.39 is 10.9 Å². The van der Waals surface area contributed by atoms with Crippen molar-refractivity contribution < 1.29 is 14.5 Å². The number of halogens is 1. The van der Waals surface area contributed by atoms with Crippen LogP contribution in [-0.4, -0.2) is 15.9 Å². The molecule has 0 radical (unpaired) electrons. The van der Waals surface area contributed by atoms with Crippen LogP contribution in [-0.2, 0) is 22.6 Å². The molecule has 0 atom stereocenters. The first-order valence-corrected chi connectivity index (χ1v) is 8.86. The summed E-state index contributed by atoms with van der Waals surface area (Å²) in [5.74, 6) is -0.411. The van der Waals surface area contributed by atoms with Crippen molar-refractivity contribution in [1.29, 1.82) is 0 Å². The van der Waals surface area contributed by atoms with Gasteiger partial charge in [0.15, 0.2) is 0 Å². The molecule has 0 N–H and O–H groups in total. The van der Waals surface area contributed by atoms with Crippen molar-refractivity contribution in [3.63, 3.8) is 0 Å². The lowest BCUT2D eigenvalue weighted by Gasteiger charge is -2.04. The van der Waals surface area contributed by atoms with E-state index in [1.54, 1.807) is 18.2 Å². The van der Waals surface area contributed by atoms with E-state index in [0.29, 0.717) is 16.3 Å². The Morgan fingerprint density at radius 3 is 2.69 bits per heavy atom. The minimum absolute atomic E-state index is 0.00362. The van der Waals surface area contributed by atoms with Crippen LogP contribution in [0.4, 0.5) is 5.69 Å². The zero-order valence-corrected chi connectivity index (χ0v) is 15.0. The second kappa shape index (κ2) is 8.07. The molecule has 3 rings (SSSR count). The molecule has 0 saturated heterocycles. The number of rotatable bonds is 6. The summed E-state index contributed by atoms with van der Waals surface area (Å²) in [4.78, 5) is 26.5. The lowest BCUT2D eigenvalue weighted by atomic mass is 10.2. The highest BCUT2D eigenvalue weighted by Crippen LogP contribution is 2.26. The second-order valence-electron chi connectivity index (χ2n) is 5.42. The van der Waals surface area contributed by atoms with Crippen LogP contribution in [0.1, 0.15) is 11.3 Å². The number of ether oxygens (including phenoxy) is 1. The van der Waals surface area contributed by atoms with Gasteiger partial charge in [-0.3, -0.25) is 14.9 Å². The lowest BCUT2D eigenvalue weighted by Crippen LogP contribution is -2.08. The van der Waals surface area contributed by atoms with Crippen LogP contribution >= 0.6 is 22.9 Å². The number of aromatic nitrogens is 1. The number of non-ortho nitro benzene ring substituents is 1. The van der Waals surface area contributed by atoms with Gasteiger partial charge in [0.2, 0.25) is 0 Å². The first-order chi connectivity index (χ1) is 12.5. The molecule has 6 nitrogen and oxygen atoms in total. The zero-order chi connectivity index (χ0) is 18.5. The van der Waals surface area contributed by atoms with E-state index in [2.05, 4.69) is 4.98 Å². The molecule has 0 amide bonds. The molecule has 1 heterocycles. The molecule has 0 spiro atoms. The summed E-state index contributed by atoms with van der Waals surface area (Å²) in [6.45, 7) is 0.0577. The normalized spacial score (nSPS) is 10.5. The molecule has 0 unspecified atom stereocenters. The predicted molar refractivity (Wildman–Crippen MR) is 99.2 cm³/mol. The number of carbonyl (C=O) groups excluding carboxylic acids is 1. The fourth-order valence-corrected chi connectivity index (χ4v) is 3.23. The summed E-state index contributed by atoms with van der Waals surface area (Å²) in [5.41, 5.74) is 2.20. The smallest absolute Gasteiger partial charge is 0.312 e. The Morgan fingerprint density at radius 2 is 2.00 bits per heavy atom. The number of hydrogen-bond acceptors (Lipinski definition) is 6. The Kier molecular flexibility index (Phi) is 5.60. The van der Waals surface area contributed by atoms with E-state index in [1.807, 2.05) is 23.6 Å². The standard InChI is InChI=1S/C18H13ClN2O4S/c19-14-3-1-2-13(8-14)18-20-15(11-26-18)9-17(22)25-10-12-4-6-16(7-5-12)21(23)24/h1-8,11H,9-10H2. The molecule has 8 heteroatoms. The molecule has 26 heavy (non-hydrogen) atoms. The van der Waals surface area contributed by atoms with Crippen molar-refractivity contribution in [3.05, 3.63) is 80.3 Å². The van der Waals surface area contributed by atoms with Gasteiger partial charge in [-0.2, -0.15) is 0 Å². The maximum atomic E-state index is 12.0. The van der Waals surface area contributed by atoms with Gasteiger partial charge in [0.25, 0.3) is 5.69 Å². The van der Waals surface area contributed by atoms with Crippen LogP contribution in [0.2, 0.25) is 5.02 Å². The quantitative estimate of drug-likeness (QED) is 0.348. The fraction of sp³-hybridized carbons (Fsp3) is 0.111. The maximum absolute atomic E-state index is 12.0. The number of nitro groups is 1. The highest BCUT2D eigenvalue weighted by Gasteiger charge is 2.11. The number of hydrogen-bond donors (Lipinski definition) is 0. The van der Waals surface area contributed by atoms with E-state index in [1.165, 1.54) is 23.5 Å². The molecule has 0 bridgehead atoms. The highest BCUT2D eigenvalue weighted by atomic mass is 35.5. The Balaban J connectivity index is 1.56. The fourth-order valence-electron chi connectivity index (χ4n) is 2.22. The van der Waals surface area contributed by atoms with Crippen molar-refractivity contribution >= 4 is 34.6 Å². The van der Waals surface area contributed by atoms with E-state index >= 15 is 0 Å². The van der Waals surface area contributed by atoms with Gasteiger partial charge in [-0.25, -0.2) is 4.98 Å². The third-order valence-corrected chi connectivity index (χ3v) is 4.67. The number of thiazole rings is 1. The average molecular weight is 389 g/mol. The monoisotopic (exact) mass is 388 g/mol. The summed E-state index contributed by atoms with van der Waals surface area (Å²) in [7, 11) is 0. The van der Waals surface area contributed by atoms with Gasteiger partial charge in [-0.15, -0.1) is 11.3 Å². The van der Waals surface area contributed by atoms with Gasteiger partial charge < -0.3 is 4.74 Å². The summed E-state index contributed by atoms with van der Waals surface area (Å²) in [6, 6.07) is 13.2. The van der Waals surface area contributed by atoms with Crippen LogP contribution in [0.15, 0.2) is 53.9 Å². The topological polar surface area (TPSA) is 82.3 Å². The summed E-state index contributed by atoms with van der Waals surface area (Å²) in [6.07, 6.45) is 0.0596. The van der Waals surface area contributed by atoms with Crippen LogP contribution in [0.5, 0.6) is 0 Å². The van der Waals surface area contributed by atoms with Crippen LogP contribution in [0, 0.1) is 10.1 Å². The van der Waals surface area contributed by atoms with Crippen molar-refractivity contribution in [2.45, 2.75) is 13.0 Å². The van der Waals surface area contributed by atoms with Crippen molar-refractivity contribution in [2.75, 3.05) is 0 Å². The summed E-state index contributed by atoms with van der Waals surface area (Å²) < 4.78 is 5.20. The third kappa shape index (κ3) is 4.65. The Bertz CT molecular complexity index is 940. The predicted octanol–water partition coefficient (Wildman–Crippen LogP) is 4.66. The van der Waals surface area contributed by atoms with E-state index in [4.69, 9.17) is 16.3 Å². The molecular formula is C18H13ClN2O4S. The Morgan fingerprint density at radius 1 is 1.23 bits per heavy atom. The lowest BCUT2D eigenvalue weighted by molar-refractivity contribution is -0.384. The highest BCUT2D eigenvalue weighted by molar-refractivity contribution is 7.13. The van der Waals surface area contributed by atoms with E-state index in [-0.39, 0.29) is 18.7 Å². The van der Waals surface area contributed by atoms with Gasteiger partial charge in [0.05, 0.1) is 17.0 Å². The average Bonchev–Trinajstić information content (AvgIpc) is 3.09. The SMILES string of the molecule is O=C(Cc1csc(-c2cccc(Cl)c2)n1)OCc1ccc([N+](=O)[O-])cc1. The summed E-state index contributed by atoms with van der Waals surface area (Å²) >= 11 is 7.41. The maximum Gasteiger partial charge on any atom is 0.312 e. The zero-order valence-electron chi connectivity index (χ0n) is 13.4. The minimum atomic E-state index is -0.477. The first kappa shape index (κ1) is 18.0. The minimum Gasteiger partial charge on any atom is -0.461 e. The van der Waals surface area contributed by atoms with E-state index in [9.17, 15) is 14.9 Å². The van der Waals surface area contributed by atoms with Gasteiger partial charge in [-0.1, -0.05) is 23.7 Å². The molecule has 132 valence electrons. The van der Waals surface area contributed by atoms with Crippen molar-refractivity contribution in [1.82, 2.24) is 4.98 Å². The molecule has 1 aromatic heterocycles. The van der Waals surface area contributed by atoms with Gasteiger partial charge in [0.1, 0.15) is 11.6 Å². The van der Waals surface area contributed by atoms with Crippen LogP contribution < -0.4 is 0 Å². The number of esters is 1. The van der Waals surface area contributed by atoms with Crippen molar-refractivity contribution in [3.8, 4) is 10.6 Å². The molecule has 0 saturated carbocycles. The van der Waals surface area contributed by atoms with Crippen LogP contribution in [0.25, 0.3) is 10.6 Å². The number of nitrogens with zero attached hydrogens (tertiary/aromatic N) is 2. The van der Waals surface area contributed by atoms with Crippen LogP contribution in [0.3, 0.4) is 0 Å². The summed E-state index contributed by atoms with van der Waals surface area (Å²) in [5, 5.41) is 13.8. The molecule has 0 aliphatic carbocycles.